The maximum atomic E-state index is 5.75. The molecule has 0 aromatic rings. The van der Waals surface area contributed by atoms with E-state index in [9.17, 15) is 0 Å². The van der Waals surface area contributed by atoms with Crippen LogP contribution in [-0.4, -0.2) is 32.0 Å². The minimum absolute atomic E-state index is 0.0861. The molecule has 1 heterocycles. The van der Waals surface area contributed by atoms with E-state index in [-0.39, 0.29) is 17.6 Å². The Labute approximate surface area is 74.2 Å². The smallest absolute Gasteiger partial charge is 0.0935 e. The van der Waals surface area contributed by atoms with Crippen molar-refractivity contribution in [1.82, 2.24) is 0 Å². The lowest BCUT2D eigenvalue weighted by Crippen LogP contribution is -2.46. The summed E-state index contributed by atoms with van der Waals surface area (Å²) in [6.45, 7) is 8.34. The average molecular weight is 173 g/mol. The van der Waals surface area contributed by atoms with Crippen molar-refractivity contribution in [2.45, 2.75) is 33.0 Å². The highest BCUT2D eigenvalue weighted by Gasteiger charge is 2.31. The van der Waals surface area contributed by atoms with Crippen LogP contribution in [0.3, 0.4) is 0 Å². The third-order valence-corrected chi connectivity index (χ3v) is 2.16. The van der Waals surface area contributed by atoms with E-state index in [0.29, 0.717) is 19.8 Å². The van der Waals surface area contributed by atoms with Gasteiger partial charge in [0.25, 0.3) is 0 Å². The molecule has 0 spiro atoms. The summed E-state index contributed by atoms with van der Waals surface area (Å²) in [7, 11) is 0. The van der Waals surface area contributed by atoms with Crippen molar-refractivity contribution in [3.63, 3.8) is 0 Å². The normalized spacial score (nSPS) is 32.0. The summed E-state index contributed by atoms with van der Waals surface area (Å²) in [5.41, 5.74) is 5.65. The monoisotopic (exact) mass is 173 g/mol. The lowest BCUT2D eigenvalue weighted by atomic mass is 9.89. The van der Waals surface area contributed by atoms with Crippen LogP contribution in [0.4, 0.5) is 0 Å². The van der Waals surface area contributed by atoms with Crippen LogP contribution in [0.2, 0.25) is 0 Å². The molecule has 1 rings (SSSR count). The van der Waals surface area contributed by atoms with Gasteiger partial charge in [-0.05, 0) is 5.41 Å². The number of rotatable bonds is 1. The van der Waals surface area contributed by atoms with Crippen LogP contribution in [0.5, 0.6) is 0 Å². The first-order valence-electron chi connectivity index (χ1n) is 4.47. The zero-order chi connectivity index (χ0) is 9.19. The highest BCUT2D eigenvalue weighted by molar-refractivity contribution is 4.79. The Bertz CT molecular complexity index is 142. The molecule has 2 unspecified atom stereocenters. The van der Waals surface area contributed by atoms with E-state index in [1.165, 1.54) is 0 Å². The van der Waals surface area contributed by atoms with Gasteiger partial charge in [0.15, 0.2) is 0 Å². The standard InChI is InChI=1S/C9H19NO2/c1-9(2,3)8-6-11-5-7(4-10)12-8/h7-8H,4-6,10H2,1-3H3. The van der Waals surface area contributed by atoms with Crippen LogP contribution in [0.15, 0.2) is 0 Å². The van der Waals surface area contributed by atoms with Crippen molar-refractivity contribution in [2.24, 2.45) is 11.1 Å². The number of nitrogens with two attached hydrogens (primary N) is 1. The molecule has 0 radical (unpaired) electrons. The second-order valence-electron chi connectivity index (χ2n) is 4.39. The van der Waals surface area contributed by atoms with E-state index in [0.717, 1.165) is 0 Å². The van der Waals surface area contributed by atoms with Gasteiger partial charge in [0.05, 0.1) is 25.4 Å². The van der Waals surface area contributed by atoms with E-state index in [1.807, 2.05) is 0 Å². The molecule has 72 valence electrons. The largest absolute Gasteiger partial charge is 0.376 e. The Morgan fingerprint density at radius 3 is 2.50 bits per heavy atom. The topological polar surface area (TPSA) is 44.5 Å². The van der Waals surface area contributed by atoms with E-state index in [1.54, 1.807) is 0 Å². The second kappa shape index (κ2) is 3.73. The fraction of sp³-hybridized carbons (Fsp3) is 1.00. The second-order valence-corrected chi connectivity index (χ2v) is 4.39. The third-order valence-electron chi connectivity index (χ3n) is 2.16. The molecule has 2 N–H and O–H groups in total. The Kier molecular flexibility index (Phi) is 3.09. The fourth-order valence-corrected chi connectivity index (χ4v) is 1.20. The van der Waals surface area contributed by atoms with Gasteiger partial charge >= 0.3 is 0 Å². The average Bonchev–Trinajstić information content (AvgIpc) is 2.03. The molecule has 0 aromatic heterocycles. The molecule has 2 atom stereocenters. The minimum Gasteiger partial charge on any atom is -0.376 e. The number of ether oxygens (including phenoxy) is 2. The summed E-state index contributed by atoms with van der Waals surface area (Å²) in [5, 5.41) is 0. The van der Waals surface area contributed by atoms with Crippen LogP contribution in [0.25, 0.3) is 0 Å². The predicted molar refractivity (Wildman–Crippen MR) is 48.0 cm³/mol. The quantitative estimate of drug-likeness (QED) is 0.637. The molecule has 0 amide bonds. The van der Waals surface area contributed by atoms with Crippen molar-refractivity contribution < 1.29 is 9.47 Å². The maximum absolute atomic E-state index is 5.75. The highest BCUT2D eigenvalue weighted by Crippen LogP contribution is 2.25. The Morgan fingerprint density at radius 2 is 2.00 bits per heavy atom. The molecule has 0 saturated carbocycles. The Hall–Kier alpha value is -0.120. The van der Waals surface area contributed by atoms with Crippen LogP contribution in [0.1, 0.15) is 20.8 Å². The van der Waals surface area contributed by atoms with Crippen molar-refractivity contribution in [1.29, 1.82) is 0 Å². The van der Waals surface area contributed by atoms with Crippen molar-refractivity contribution >= 4 is 0 Å². The molecule has 1 fully saturated rings. The van der Waals surface area contributed by atoms with Crippen LogP contribution < -0.4 is 5.73 Å². The summed E-state index contributed by atoms with van der Waals surface area (Å²) in [6, 6.07) is 0. The number of hydrogen-bond donors (Lipinski definition) is 1. The van der Waals surface area contributed by atoms with Gasteiger partial charge in [0.1, 0.15) is 0 Å². The SMILES string of the molecule is CC(C)(C)C1COCC(CN)O1. The number of hydrogen-bond acceptors (Lipinski definition) is 3. The molecular weight excluding hydrogens is 154 g/mol. The fourth-order valence-electron chi connectivity index (χ4n) is 1.20. The Balaban J connectivity index is 2.46. The van der Waals surface area contributed by atoms with Crippen molar-refractivity contribution in [3.05, 3.63) is 0 Å². The molecule has 3 heteroatoms. The van der Waals surface area contributed by atoms with Gasteiger partial charge in [-0.25, -0.2) is 0 Å². The van der Waals surface area contributed by atoms with Gasteiger partial charge in [-0.15, -0.1) is 0 Å². The van der Waals surface area contributed by atoms with E-state index in [2.05, 4.69) is 20.8 Å². The summed E-state index contributed by atoms with van der Waals surface area (Å²) >= 11 is 0. The first-order valence-corrected chi connectivity index (χ1v) is 4.47. The molecule has 1 aliphatic heterocycles. The summed E-state index contributed by atoms with van der Waals surface area (Å²) in [6.07, 6.45) is 0.266. The summed E-state index contributed by atoms with van der Waals surface area (Å²) in [4.78, 5) is 0. The summed E-state index contributed by atoms with van der Waals surface area (Å²) < 4.78 is 11.2. The van der Waals surface area contributed by atoms with E-state index >= 15 is 0 Å². The summed E-state index contributed by atoms with van der Waals surface area (Å²) in [5.74, 6) is 0. The lowest BCUT2D eigenvalue weighted by Gasteiger charge is -2.37. The zero-order valence-corrected chi connectivity index (χ0v) is 8.17. The predicted octanol–water partition coefficient (Wildman–Crippen LogP) is 0.775. The lowest BCUT2D eigenvalue weighted by molar-refractivity contribution is -0.167. The van der Waals surface area contributed by atoms with Crippen LogP contribution >= 0.6 is 0 Å². The first kappa shape index (κ1) is 9.96. The molecule has 0 bridgehead atoms. The van der Waals surface area contributed by atoms with Gasteiger partial charge in [-0.1, -0.05) is 20.8 Å². The molecular formula is C9H19NO2. The molecule has 3 nitrogen and oxygen atoms in total. The maximum Gasteiger partial charge on any atom is 0.0935 e. The molecule has 1 aliphatic rings. The minimum atomic E-state index is 0.0861. The molecule has 0 aliphatic carbocycles. The first-order chi connectivity index (χ1) is 5.54. The molecule has 12 heavy (non-hydrogen) atoms. The van der Waals surface area contributed by atoms with Crippen LogP contribution in [0, 0.1) is 5.41 Å². The highest BCUT2D eigenvalue weighted by atomic mass is 16.6. The zero-order valence-electron chi connectivity index (χ0n) is 8.17. The molecule has 1 saturated heterocycles. The van der Waals surface area contributed by atoms with Gasteiger partial charge in [0.2, 0.25) is 0 Å². The van der Waals surface area contributed by atoms with Gasteiger partial charge in [0, 0.05) is 6.54 Å². The van der Waals surface area contributed by atoms with Crippen LogP contribution in [-0.2, 0) is 9.47 Å². The van der Waals surface area contributed by atoms with Crippen molar-refractivity contribution in [2.75, 3.05) is 19.8 Å². The molecule has 0 aromatic carbocycles. The Morgan fingerprint density at radius 1 is 1.33 bits per heavy atom. The van der Waals surface area contributed by atoms with Gasteiger partial charge < -0.3 is 15.2 Å². The van der Waals surface area contributed by atoms with Crippen molar-refractivity contribution in [3.8, 4) is 0 Å². The van der Waals surface area contributed by atoms with Gasteiger partial charge in [-0.2, -0.15) is 0 Å². The van der Waals surface area contributed by atoms with E-state index in [4.69, 9.17) is 15.2 Å². The van der Waals surface area contributed by atoms with E-state index < -0.39 is 0 Å². The van der Waals surface area contributed by atoms with Gasteiger partial charge in [-0.3, -0.25) is 0 Å². The third kappa shape index (κ3) is 2.44.